The van der Waals surface area contributed by atoms with E-state index in [2.05, 4.69) is 119 Å². The van der Waals surface area contributed by atoms with Crippen LogP contribution in [0.15, 0.2) is 121 Å². The van der Waals surface area contributed by atoms with Crippen LogP contribution in [0.1, 0.15) is 81.8 Å². The molecule has 1 N–H and O–H groups in total. The van der Waals surface area contributed by atoms with Crippen molar-refractivity contribution in [1.29, 1.82) is 0 Å². The Kier molecular flexibility index (Phi) is 12.4. The second-order valence-corrected chi connectivity index (χ2v) is 18.6. The summed E-state index contributed by atoms with van der Waals surface area (Å²) >= 11 is -1.87. The molecule has 2 atom stereocenters. The minimum absolute atomic E-state index is 0.0701. The van der Waals surface area contributed by atoms with Gasteiger partial charge in [0.15, 0.2) is 0 Å². The van der Waals surface area contributed by atoms with E-state index < -0.39 is 13.5 Å². The quantitative estimate of drug-likeness (QED) is 0.101. The van der Waals surface area contributed by atoms with E-state index in [-0.39, 0.29) is 24.1 Å². The van der Waals surface area contributed by atoms with Crippen molar-refractivity contribution in [2.24, 2.45) is 0 Å². The molecule has 2 heterocycles. The van der Waals surface area contributed by atoms with Crippen LogP contribution in [-0.2, 0) is 13.5 Å². The molecular weight excluding hydrogens is 727 g/mol. The van der Waals surface area contributed by atoms with Crippen LogP contribution in [0.5, 0.6) is 5.75 Å². The van der Waals surface area contributed by atoms with E-state index in [1.165, 1.54) is 16.8 Å². The summed E-state index contributed by atoms with van der Waals surface area (Å²) < 4.78 is 21.5. The summed E-state index contributed by atoms with van der Waals surface area (Å²) in [5, 5.41) is 0. The zero-order chi connectivity index (χ0) is 34.4. The second-order valence-electron chi connectivity index (χ2n) is 12.9. The Morgan fingerprint density at radius 1 is 0.792 bits per heavy atom. The fourth-order valence-corrected chi connectivity index (χ4v) is 8.07. The average Bonchev–Trinajstić information content (AvgIpc) is 3.46. The van der Waals surface area contributed by atoms with Gasteiger partial charge in [-0.1, -0.05) is 76.2 Å². The number of allylic oxidation sites excluding steroid dienone is 2. The zero-order valence-electron chi connectivity index (χ0n) is 28.3. The van der Waals surface area contributed by atoms with E-state index in [0.717, 1.165) is 28.0 Å². The number of aromatic hydroxyl groups is 1. The molecule has 0 saturated carbocycles. The van der Waals surface area contributed by atoms with Crippen molar-refractivity contribution in [3.8, 4) is 16.9 Å². The van der Waals surface area contributed by atoms with E-state index in [1.807, 2.05) is 47.2 Å². The molecule has 0 aliphatic carbocycles. The van der Waals surface area contributed by atoms with Gasteiger partial charge in [0.2, 0.25) is 0 Å². The van der Waals surface area contributed by atoms with Crippen molar-refractivity contribution in [3.05, 3.63) is 150 Å². The number of hydrogen-bond donors (Lipinski definition) is 0. The van der Waals surface area contributed by atoms with Gasteiger partial charge in [0.1, 0.15) is 0 Å². The summed E-state index contributed by atoms with van der Waals surface area (Å²) in [6.07, 6.45) is 5.53. The smallest absolute Gasteiger partial charge is 0.0983 e. The van der Waals surface area contributed by atoms with Crippen LogP contribution in [0.3, 0.4) is 0 Å². The van der Waals surface area contributed by atoms with Crippen molar-refractivity contribution in [2.45, 2.75) is 71.7 Å². The van der Waals surface area contributed by atoms with Gasteiger partial charge < -0.3 is 9.80 Å². The van der Waals surface area contributed by atoms with Gasteiger partial charge in [-0.15, -0.1) is 0 Å². The van der Waals surface area contributed by atoms with E-state index in [9.17, 15) is 4.39 Å². The fourth-order valence-electron chi connectivity index (χ4n) is 6.27. The number of para-hydroxylation sites is 2. The Balaban J connectivity index is 0.000000199. The molecule has 7 heteroatoms. The number of hydrogen-bond acceptors (Lipinski definition) is 2. The number of halogens is 3. The van der Waals surface area contributed by atoms with Crippen LogP contribution in [0.4, 0.5) is 10.1 Å². The number of aliphatic hydroxyl groups is 1. The number of anilines is 1. The Hall–Kier alpha value is -3.24. The first-order valence-corrected chi connectivity index (χ1v) is 21.9. The third-order valence-corrected chi connectivity index (χ3v) is 10.2. The van der Waals surface area contributed by atoms with Crippen LogP contribution < -0.4 is 4.90 Å². The summed E-state index contributed by atoms with van der Waals surface area (Å²) in [5.41, 5.74) is 8.30. The summed E-state index contributed by atoms with van der Waals surface area (Å²) in [7, 11) is 12.1. The topological polar surface area (TPSA) is 19.3 Å². The molecule has 254 valence electrons. The number of benzene rings is 4. The predicted octanol–water partition coefficient (Wildman–Crippen LogP) is 11.7. The maximum absolute atomic E-state index is 14.7. The maximum Gasteiger partial charge on any atom is 0.0983 e. The van der Waals surface area contributed by atoms with Gasteiger partial charge >= 0.3 is 133 Å². The molecule has 6 rings (SSSR count). The van der Waals surface area contributed by atoms with E-state index in [4.69, 9.17) is 24.1 Å². The Morgan fingerprint density at radius 3 is 1.98 bits per heavy atom. The summed E-state index contributed by atoms with van der Waals surface area (Å²) in [6.45, 7) is 15.1. The third kappa shape index (κ3) is 8.31. The van der Waals surface area contributed by atoms with E-state index >= 15 is 0 Å². The molecule has 0 spiro atoms. The number of rotatable bonds is 8. The first-order chi connectivity index (χ1) is 23.1. The molecule has 3 nitrogen and oxygen atoms in total. The molecule has 1 fully saturated rings. The molecule has 1 saturated heterocycles. The number of nitrogens with zero attached hydrogens (tertiary/aromatic N) is 2. The van der Waals surface area contributed by atoms with Gasteiger partial charge in [0.05, 0.1) is 12.0 Å². The van der Waals surface area contributed by atoms with Crippen molar-refractivity contribution < 1.29 is 22.6 Å². The molecule has 0 radical (unpaired) electrons. The van der Waals surface area contributed by atoms with Gasteiger partial charge in [-0.05, 0) is 52.9 Å². The fraction of sp³-hybridized carbons (Fsp3) is 0.268. The summed E-state index contributed by atoms with van der Waals surface area (Å²) in [6, 6.07) is 33.0. The van der Waals surface area contributed by atoms with Gasteiger partial charge in [-0.25, -0.2) is 10.9 Å². The van der Waals surface area contributed by atoms with Crippen molar-refractivity contribution in [3.63, 3.8) is 0 Å². The first kappa shape index (κ1) is 36.1. The third-order valence-electron chi connectivity index (χ3n) is 8.39. The van der Waals surface area contributed by atoms with E-state index in [1.54, 1.807) is 12.2 Å². The van der Waals surface area contributed by atoms with Crippen molar-refractivity contribution in [2.75, 3.05) is 4.90 Å². The zero-order valence-corrected chi connectivity index (χ0v) is 31.6. The molecule has 4 aromatic rings. The average molecular weight is 773 g/mol. The monoisotopic (exact) mass is 772 g/mol. The normalized spacial score (nSPS) is 17.2. The summed E-state index contributed by atoms with van der Waals surface area (Å²) in [4.78, 5) is 4.42. The largest absolute Gasteiger partial charge is 0.498 e. The second kappa shape index (κ2) is 16.4. The van der Waals surface area contributed by atoms with Crippen molar-refractivity contribution in [1.82, 2.24) is 4.90 Å². The van der Waals surface area contributed by atoms with Gasteiger partial charge in [-0.2, -0.15) is 0 Å². The molecule has 0 bridgehead atoms. The molecule has 4 aromatic carbocycles. The molecule has 0 aromatic heterocycles. The predicted molar refractivity (Wildman–Crippen MR) is 200 cm³/mol. The molecule has 2 aliphatic heterocycles. The van der Waals surface area contributed by atoms with Crippen LogP contribution in [0.2, 0.25) is 0 Å². The van der Waals surface area contributed by atoms with Crippen LogP contribution in [0.25, 0.3) is 11.1 Å². The number of fused-ring (bicyclic) bond motifs is 1. The van der Waals surface area contributed by atoms with E-state index in [0.29, 0.717) is 11.8 Å². The molecular formula is C41H45Cl2FN2ORu. The Labute approximate surface area is 299 Å². The molecule has 2 aliphatic rings. The molecule has 48 heavy (non-hydrogen) atoms. The van der Waals surface area contributed by atoms with Gasteiger partial charge in [0.25, 0.3) is 0 Å². The van der Waals surface area contributed by atoms with Crippen LogP contribution in [-0.4, -0.2) is 26.4 Å². The minimum atomic E-state index is -1.87. The number of ether oxygens (including phenoxy) is 1. The summed E-state index contributed by atoms with van der Waals surface area (Å²) in [5.74, 6) is 1.63. The Bertz CT molecular complexity index is 1740. The van der Waals surface area contributed by atoms with Gasteiger partial charge in [0, 0.05) is 5.69 Å². The minimum Gasteiger partial charge on any atom is -0.498 e. The van der Waals surface area contributed by atoms with Crippen LogP contribution in [0, 0.1) is 6.54 Å². The SMILES string of the molecule is CC(C)[OH+]c1c([CH]=[Ru]([Cl])[Cl])cccc1-c1ccccc1.CC(C)c1cccc(C(C)C)c1N1[CH-]C2C(F)=CC=CN2C1c1ccccc1. The molecule has 2 unspecified atom stereocenters. The first-order valence-electron chi connectivity index (χ1n) is 16.4. The Morgan fingerprint density at radius 2 is 1.40 bits per heavy atom. The molecule has 0 amide bonds. The van der Waals surface area contributed by atoms with Gasteiger partial charge in [-0.3, -0.25) is 0 Å². The standard InChI is InChI=1S/C25H28FN2.C16H16O.2ClH.Ru/c1-17(2)20-12-8-13-21(18(3)4)24(20)28-16-23-22(26)14-9-15-27(23)25(28)19-10-6-5-7-11-19;1-12(2)17-16-13(3)8-7-11-15(16)14-9-5-4-6-10-14;;;/h5-18,23,25H,1-4H3;3-12H,1-2H3;2*1H;/q-1;;;;+2/p-1. The van der Waals surface area contributed by atoms with Crippen molar-refractivity contribution >= 4 is 29.7 Å². The van der Waals surface area contributed by atoms with Crippen LogP contribution >= 0.6 is 19.4 Å². The maximum atomic E-state index is 14.7.